The minimum Gasteiger partial charge on any atom is -0.462 e. The van der Waals surface area contributed by atoms with Crippen molar-refractivity contribution >= 4 is 11.9 Å². The molecule has 70 heavy (non-hydrogen) atoms. The number of hydrogen-bond acceptors (Lipinski definition) is 18. The Kier molecular flexibility index (Phi) is 27.1. The van der Waals surface area contributed by atoms with Gasteiger partial charge in [0.05, 0.1) is 98.7 Å². The fourth-order valence-corrected chi connectivity index (χ4v) is 8.56. The zero-order valence-electron chi connectivity index (χ0n) is 40.9. The average molecular weight is 995 g/mol. The van der Waals surface area contributed by atoms with Crippen LogP contribution in [-0.4, -0.2) is 179 Å². The number of amides is 1. The van der Waals surface area contributed by atoms with Crippen LogP contribution >= 0.6 is 0 Å². The maximum Gasteiger partial charge on any atom is 0.308 e. The predicted octanol–water partition coefficient (Wildman–Crippen LogP) is 0.516. The van der Waals surface area contributed by atoms with Gasteiger partial charge in [0, 0.05) is 38.0 Å². The molecule has 3 heterocycles. The van der Waals surface area contributed by atoms with E-state index in [4.69, 9.17) is 24.7 Å². The standard InChI is InChI=1S/C51H82N2O17/c1-31(2)21-34(29-54)53-49(65)46-42(61)28-51(66)27-37(57)24-41(60)39(58)20-19-35(55)23-36(56)25-45(63)68-33(4)22-40(59)32(3)17-15-13-11-9-7-5-6-8-10-12-14-16-18-38(26-44(46)70-51)69-50-48(64)47(52)43(62)30-67-50/h5-18,31-44,46-48,50,54-62,64,66H,19-30,52H2,1-4H3,(H,53,65)/b6-5+,9-7+,10-8+,13-11+,14-12+,17-15+,18-16+/t32-,33-,34?,35?,36?,37?,38?,39?,40-,41?,42-,43+,44-,46+,47-,48-,50-,51?/m0/s1. The van der Waals surface area contributed by atoms with Gasteiger partial charge in [0.25, 0.3) is 0 Å². The third kappa shape index (κ3) is 22.1. The van der Waals surface area contributed by atoms with Crippen LogP contribution in [0.15, 0.2) is 85.1 Å². The number of aliphatic hydroxyl groups is 11. The number of cyclic esters (lactones) is 1. The van der Waals surface area contributed by atoms with Crippen LogP contribution < -0.4 is 11.1 Å². The van der Waals surface area contributed by atoms with Crippen molar-refractivity contribution in [3.8, 4) is 0 Å². The van der Waals surface area contributed by atoms with Crippen LogP contribution in [0.5, 0.6) is 0 Å². The molecule has 2 bridgehead atoms. The van der Waals surface area contributed by atoms with Gasteiger partial charge in [-0.2, -0.15) is 0 Å². The van der Waals surface area contributed by atoms with E-state index in [1.54, 1.807) is 61.6 Å². The fourth-order valence-electron chi connectivity index (χ4n) is 8.56. The summed E-state index contributed by atoms with van der Waals surface area (Å²) in [6.45, 7) is 6.61. The fraction of sp³-hybridized carbons (Fsp3) is 0.686. The molecule has 2 fully saturated rings. The summed E-state index contributed by atoms with van der Waals surface area (Å²) >= 11 is 0. The quantitative estimate of drug-likeness (QED) is 0.155. The second-order valence-electron chi connectivity index (χ2n) is 19.4. The number of ether oxygens (including phenoxy) is 4. The van der Waals surface area contributed by atoms with E-state index in [1.165, 1.54) is 0 Å². The number of nitrogens with two attached hydrogens (primary N) is 1. The molecule has 0 saturated carbocycles. The lowest BCUT2D eigenvalue weighted by molar-refractivity contribution is -0.304. The van der Waals surface area contributed by atoms with E-state index in [1.807, 2.05) is 51.2 Å². The monoisotopic (exact) mass is 995 g/mol. The number of carbonyl (C=O) groups is 2. The van der Waals surface area contributed by atoms with Crippen molar-refractivity contribution in [2.24, 2.45) is 23.5 Å². The number of aliphatic hydroxyl groups excluding tert-OH is 10. The second kappa shape index (κ2) is 31.2. The van der Waals surface area contributed by atoms with Gasteiger partial charge in [-0.25, -0.2) is 0 Å². The first-order valence-corrected chi connectivity index (χ1v) is 24.5. The SMILES string of the molecule is CC(C)CC(CO)NC(=O)[C@H]1[C@@H]2CC(O[C@@H]3OC[C@@H](O)[C@H](N)[C@@H]3O)/C=C/C=C/C=C/C=C/C=C/C=C/C=C/[C@H](C)[C@@H](O)C[C@H](C)OC(=O)CC(O)CC(O)CCC(O)C(O)CC(O)CC(O)(C[C@@H]1O)O2. The molecule has 8 unspecified atom stereocenters. The van der Waals surface area contributed by atoms with Gasteiger partial charge in [-0.3, -0.25) is 9.59 Å². The summed E-state index contributed by atoms with van der Waals surface area (Å²) in [6.07, 6.45) is 5.69. The van der Waals surface area contributed by atoms with Crippen LogP contribution in [0.1, 0.15) is 91.9 Å². The van der Waals surface area contributed by atoms with Gasteiger partial charge in [0.15, 0.2) is 12.1 Å². The highest BCUT2D eigenvalue weighted by molar-refractivity contribution is 5.80. The first-order chi connectivity index (χ1) is 33.1. The van der Waals surface area contributed by atoms with Gasteiger partial charge in [0.2, 0.25) is 5.91 Å². The van der Waals surface area contributed by atoms with Gasteiger partial charge in [-0.1, -0.05) is 106 Å². The van der Waals surface area contributed by atoms with Crippen molar-refractivity contribution in [3.05, 3.63) is 85.1 Å². The molecule has 398 valence electrons. The van der Waals surface area contributed by atoms with E-state index in [9.17, 15) is 65.8 Å². The second-order valence-corrected chi connectivity index (χ2v) is 19.4. The molecule has 0 radical (unpaired) electrons. The summed E-state index contributed by atoms with van der Waals surface area (Å²) in [7, 11) is 0. The van der Waals surface area contributed by atoms with Crippen LogP contribution in [-0.2, 0) is 28.5 Å². The molecular weight excluding hydrogens is 913 g/mol. The van der Waals surface area contributed by atoms with Gasteiger partial charge in [0.1, 0.15) is 12.2 Å². The lowest BCUT2D eigenvalue weighted by atomic mass is 9.82. The molecule has 3 rings (SSSR count). The number of rotatable bonds is 7. The molecule has 3 aliphatic rings. The van der Waals surface area contributed by atoms with Crippen LogP contribution in [0.25, 0.3) is 0 Å². The van der Waals surface area contributed by atoms with E-state index in [-0.39, 0.29) is 50.5 Å². The molecule has 0 aromatic rings. The molecule has 1 amide bonds. The van der Waals surface area contributed by atoms with Crippen molar-refractivity contribution in [3.63, 3.8) is 0 Å². The molecule has 19 heteroatoms. The Morgan fingerprint density at radius 2 is 1.34 bits per heavy atom. The van der Waals surface area contributed by atoms with Crippen molar-refractivity contribution < 1.29 is 84.7 Å². The first-order valence-electron chi connectivity index (χ1n) is 24.5. The Labute approximate surface area is 412 Å². The van der Waals surface area contributed by atoms with E-state index in [0.717, 1.165) is 0 Å². The molecule has 0 aliphatic carbocycles. The lowest BCUT2D eigenvalue weighted by Crippen LogP contribution is -2.60. The number of allylic oxidation sites excluding steroid dienone is 12. The summed E-state index contributed by atoms with van der Waals surface area (Å²) in [5.41, 5.74) is 6.02. The number of carbonyl (C=O) groups excluding carboxylic acids is 2. The Balaban J connectivity index is 1.93. The van der Waals surface area contributed by atoms with Crippen molar-refractivity contribution in [2.45, 2.75) is 189 Å². The number of fused-ring (bicyclic) bond motifs is 2. The maximum absolute atomic E-state index is 14.0. The molecule has 18 atom stereocenters. The smallest absolute Gasteiger partial charge is 0.308 e. The summed E-state index contributed by atoms with van der Waals surface area (Å²) in [5, 5.41) is 122. The van der Waals surface area contributed by atoms with Crippen LogP contribution in [0.3, 0.4) is 0 Å². The van der Waals surface area contributed by atoms with Crippen LogP contribution in [0, 0.1) is 17.8 Å². The maximum atomic E-state index is 14.0. The number of hydrogen-bond donors (Lipinski definition) is 13. The van der Waals surface area contributed by atoms with Crippen molar-refractivity contribution in [1.29, 1.82) is 0 Å². The average Bonchev–Trinajstić information content (AvgIpc) is 3.26. The molecule has 0 aromatic carbocycles. The van der Waals surface area contributed by atoms with E-state index >= 15 is 0 Å². The van der Waals surface area contributed by atoms with Gasteiger partial charge in [-0.15, -0.1) is 0 Å². The number of nitrogens with one attached hydrogen (secondary N) is 1. The van der Waals surface area contributed by atoms with E-state index < -0.39 is 147 Å². The Morgan fingerprint density at radius 1 is 0.743 bits per heavy atom. The van der Waals surface area contributed by atoms with Gasteiger partial charge < -0.3 is 86.2 Å². The topological polar surface area (TPSA) is 332 Å². The highest BCUT2D eigenvalue weighted by atomic mass is 16.7. The summed E-state index contributed by atoms with van der Waals surface area (Å²) in [6, 6.07) is -1.81. The normalized spacial score (nSPS) is 41.5. The molecular formula is C51H82N2O17. The minimum atomic E-state index is -2.30. The number of esters is 1. The summed E-state index contributed by atoms with van der Waals surface area (Å²) in [5.74, 6) is -5.26. The molecule has 2 saturated heterocycles. The zero-order valence-corrected chi connectivity index (χ0v) is 40.9. The first kappa shape index (κ1) is 60.8. The highest BCUT2D eigenvalue weighted by Gasteiger charge is 2.51. The van der Waals surface area contributed by atoms with E-state index in [0.29, 0.717) is 6.42 Å². The molecule has 3 aliphatic heterocycles. The van der Waals surface area contributed by atoms with E-state index in [2.05, 4.69) is 5.32 Å². The van der Waals surface area contributed by atoms with Gasteiger partial charge in [-0.05, 0) is 38.5 Å². The predicted molar refractivity (Wildman–Crippen MR) is 259 cm³/mol. The molecule has 0 aromatic heterocycles. The van der Waals surface area contributed by atoms with Crippen molar-refractivity contribution in [2.75, 3.05) is 13.2 Å². The largest absolute Gasteiger partial charge is 0.462 e. The zero-order chi connectivity index (χ0) is 52.0. The third-order valence-corrected chi connectivity index (χ3v) is 12.4. The molecule has 19 nitrogen and oxygen atoms in total. The summed E-state index contributed by atoms with van der Waals surface area (Å²) in [4.78, 5) is 26.5. The minimum absolute atomic E-state index is 0.0840. The lowest BCUT2D eigenvalue weighted by Gasteiger charge is -2.46. The Morgan fingerprint density at radius 3 is 1.94 bits per heavy atom. The molecule has 0 spiro atoms. The van der Waals surface area contributed by atoms with Crippen LogP contribution in [0.4, 0.5) is 0 Å². The Bertz CT molecular complexity index is 1750. The van der Waals surface area contributed by atoms with Crippen molar-refractivity contribution in [1.82, 2.24) is 5.32 Å². The highest BCUT2D eigenvalue weighted by Crippen LogP contribution is 2.38. The third-order valence-electron chi connectivity index (χ3n) is 12.4. The summed E-state index contributed by atoms with van der Waals surface area (Å²) < 4.78 is 23.3. The Hall–Kier alpha value is -3.48. The molecule has 14 N–H and O–H groups in total. The van der Waals surface area contributed by atoms with Crippen LogP contribution in [0.2, 0.25) is 0 Å². The van der Waals surface area contributed by atoms with Gasteiger partial charge >= 0.3 is 5.97 Å².